The zero-order valence-corrected chi connectivity index (χ0v) is 12.6. The molecule has 7 nitrogen and oxygen atoms in total. The molecule has 3 amide bonds. The molecule has 0 radical (unpaired) electrons. The predicted octanol–water partition coefficient (Wildman–Crippen LogP) is 3.45. The first kappa shape index (κ1) is 15.4. The molecule has 0 saturated heterocycles. The van der Waals surface area contributed by atoms with Crippen LogP contribution in [0.15, 0.2) is 69.9 Å². The van der Waals surface area contributed by atoms with Gasteiger partial charge in [0.25, 0.3) is 5.91 Å². The van der Waals surface area contributed by atoms with Crippen LogP contribution in [-0.4, -0.2) is 11.9 Å². The van der Waals surface area contributed by atoms with E-state index >= 15 is 0 Å². The highest BCUT2D eigenvalue weighted by Gasteiger charge is 2.09. The SMILES string of the molecule is O=C(NCc1ccco1)Nc1ccc(NC(=O)c2ccco2)cc1. The summed E-state index contributed by atoms with van der Waals surface area (Å²) in [6, 6.07) is 13.1. The van der Waals surface area contributed by atoms with Gasteiger partial charge in [0.05, 0.1) is 19.1 Å². The van der Waals surface area contributed by atoms with Crippen LogP contribution in [0.1, 0.15) is 16.3 Å². The van der Waals surface area contributed by atoms with Crippen molar-refractivity contribution >= 4 is 23.3 Å². The van der Waals surface area contributed by atoms with Crippen molar-refractivity contribution in [2.45, 2.75) is 6.54 Å². The number of carbonyl (C=O) groups excluding carboxylic acids is 2. The zero-order chi connectivity index (χ0) is 16.8. The molecule has 1 aromatic carbocycles. The molecule has 7 heteroatoms. The summed E-state index contributed by atoms with van der Waals surface area (Å²) >= 11 is 0. The van der Waals surface area contributed by atoms with Crippen LogP contribution in [0.4, 0.5) is 16.2 Å². The highest BCUT2D eigenvalue weighted by molar-refractivity contribution is 6.02. The van der Waals surface area contributed by atoms with Crippen molar-refractivity contribution in [1.82, 2.24) is 5.32 Å². The van der Waals surface area contributed by atoms with E-state index in [4.69, 9.17) is 8.83 Å². The summed E-state index contributed by atoms with van der Waals surface area (Å²) in [5.74, 6) is 0.563. The summed E-state index contributed by atoms with van der Waals surface area (Å²) in [5, 5.41) is 8.06. The first-order valence-corrected chi connectivity index (χ1v) is 7.23. The molecular formula is C17H15N3O4. The van der Waals surface area contributed by atoms with Gasteiger partial charge in [-0.15, -0.1) is 0 Å². The van der Waals surface area contributed by atoms with E-state index in [1.54, 1.807) is 54.8 Å². The van der Waals surface area contributed by atoms with Crippen molar-refractivity contribution in [1.29, 1.82) is 0 Å². The van der Waals surface area contributed by atoms with Crippen molar-refractivity contribution in [2.75, 3.05) is 10.6 Å². The Hall–Kier alpha value is -3.48. The molecule has 24 heavy (non-hydrogen) atoms. The van der Waals surface area contributed by atoms with Gasteiger partial charge in [-0.1, -0.05) is 0 Å². The molecule has 2 aromatic heterocycles. The van der Waals surface area contributed by atoms with E-state index in [1.807, 2.05) is 0 Å². The minimum Gasteiger partial charge on any atom is -0.467 e. The van der Waals surface area contributed by atoms with Gasteiger partial charge in [-0.25, -0.2) is 4.79 Å². The van der Waals surface area contributed by atoms with Crippen molar-refractivity contribution in [2.24, 2.45) is 0 Å². The van der Waals surface area contributed by atoms with Crippen LogP contribution in [0, 0.1) is 0 Å². The highest BCUT2D eigenvalue weighted by atomic mass is 16.3. The summed E-state index contributed by atoms with van der Waals surface area (Å²) in [6.07, 6.45) is 2.98. The van der Waals surface area contributed by atoms with Crippen molar-refractivity contribution in [3.05, 3.63) is 72.6 Å². The van der Waals surface area contributed by atoms with Crippen LogP contribution in [-0.2, 0) is 6.54 Å². The maximum absolute atomic E-state index is 11.8. The third-order valence-corrected chi connectivity index (χ3v) is 3.15. The van der Waals surface area contributed by atoms with Crippen molar-refractivity contribution in [3.8, 4) is 0 Å². The van der Waals surface area contributed by atoms with Crippen LogP contribution in [0.25, 0.3) is 0 Å². The molecule has 0 aliphatic rings. The van der Waals surface area contributed by atoms with Gasteiger partial charge >= 0.3 is 6.03 Å². The maximum atomic E-state index is 11.8. The fourth-order valence-electron chi connectivity index (χ4n) is 1.99. The Labute approximate surface area is 137 Å². The number of rotatable bonds is 5. The smallest absolute Gasteiger partial charge is 0.319 e. The molecule has 0 saturated carbocycles. The quantitative estimate of drug-likeness (QED) is 0.669. The Morgan fingerprint density at radius 2 is 1.50 bits per heavy atom. The molecule has 0 fully saturated rings. The summed E-state index contributed by atoms with van der Waals surface area (Å²) in [4.78, 5) is 23.6. The minimum atomic E-state index is -0.348. The largest absolute Gasteiger partial charge is 0.467 e. The molecule has 2 heterocycles. The number of furan rings is 2. The average Bonchev–Trinajstić information content (AvgIpc) is 3.28. The van der Waals surface area contributed by atoms with E-state index in [-0.39, 0.29) is 17.7 Å². The van der Waals surface area contributed by atoms with Crippen LogP contribution >= 0.6 is 0 Å². The average molecular weight is 325 g/mol. The Morgan fingerprint density at radius 3 is 2.12 bits per heavy atom. The molecule has 3 N–H and O–H groups in total. The second-order valence-electron chi connectivity index (χ2n) is 4.90. The molecule has 0 bridgehead atoms. The monoisotopic (exact) mass is 325 g/mol. The summed E-state index contributed by atoms with van der Waals surface area (Å²) < 4.78 is 10.1. The van der Waals surface area contributed by atoms with Gasteiger partial charge in [0.15, 0.2) is 5.76 Å². The molecule has 0 aliphatic carbocycles. The number of nitrogens with one attached hydrogen (secondary N) is 3. The molecule has 3 rings (SSSR count). The van der Waals surface area contributed by atoms with Gasteiger partial charge in [0.1, 0.15) is 5.76 Å². The second kappa shape index (κ2) is 7.19. The second-order valence-corrected chi connectivity index (χ2v) is 4.90. The number of hydrogen-bond acceptors (Lipinski definition) is 4. The fraction of sp³-hybridized carbons (Fsp3) is 0.0588. The van der Waals surface area contributed by atoms with Gasteiger partial charge < -0.3 is 24.8 Å². The topological polar surface area (TPSA) is 96.5 Å². The summed E-state index contributed by atoms with van der Waals surface area (Å²) in [7, 11) is 0. The van der Waals surface area contributed by atoms with E-state index < -0.39 is 0 Å². The van der Waals surface area contributed by atoms with Crippen molar-refractivity contribution in [3.63, 3.8) is 0 Å². The Kier molecular flexibility index (Phi) is 4.62. The lowest BCUT2D eigenvalue weighted by Gasteiger charge is -2.08. The standard InChI is InChI=1S/C17H15N3O4/c21-16(15-4-2-10-24-15)19-12-5-7-13(8-6-12)20-17(22)18-11-14-3-1-9-23-14/h1-10H,11H2,(H,19,21)(H2,18,20,22). The van der Waals surface area contributed by atoms with E-state index in [1.165, 1.54) is 6.26 Å². The Balaban J connectivity index is 1.50. The van der Waals surface area contributed by atoms with E-state index in [0.29, 0.717) is 23.7 Å². The van der Waals surface area contributed by atoms with Crippen LogP contribution in [0.2, 0.25) is 0 Å². The number of anilines is 2. The summed E-state index contributed by atoms with van der Waals surface area (Å²) in [5.41, 5.74) is 1.20. The summed E-state index contributed by atoms with van der Waals surface area (Å²) in [6.45, 7) is 0.302. The third kappa shape index (κ3) is 4.04. The lowest BCUT2D eigenvalue weighted by Crippen LogP contribution is -2.27. The first-order valence-electron chi connectivity index (χ1n) is 7.23. The predicted molar refractivity (Wildman–Crippen MR) is 87.7 cm³/mol. The number of amides is 3. The molecule has 0 aliphatic heterocycles. The Morgan fingerprint density at radius 1 is 0.833 bits per heavy atom. The highest BCUT2D eigenvalue weighted by Crippen LogP contribution is 2.15. The number of benzene rings is 1. The zero-order valence-electron chi connectivity index (χ0n) is 12.6. The van der Waals surface area contributed by atoms with Gasteiger partial charge in [-0.3, -0.25) is 4.79 Å². The van der Waals surface area contributed by atoms with Crippen LogP contribution < -0.4 is 16.0 Å². The first-order chi connectivity index (χ1) is 11.7. The number of carbonyl (C=O) groups is 2. The van der Waals surface area contributed by atoms with E-state index in [9.17, 15) is 9.59 Å². The van der Waals surface area contributed by atoms with Gasteiger partial charge in [0, 0.05) is 11.4 Å². The van der Waals surface area contributed by atoms with Crippen LogP contribution in [0.3, 0.4) is 0 Å². The normalized spacial score (nSPS) is 10.2. The third-order valence-electron chi connectivity index (χ3n) is 3.15. The molecule has 122 valence electrons. The molecule has 0 spiro atoms. The lowest BCUT2D eigenvalue weighted by atomic mass is 10.2. The molecule has 0 unspecified atom stereocenters. The van der Waals surface area contributed by atoms with Gasteiger partial charge in [-0.05, 0) is 48.5 Å². The minimum absolute atomic E-state index is 0.231. The van der Waals surface area contributed by atoms with E-state index in [2.05, 4.69) is 16.0 Å². The van der Waals surface area contributed by atoms with Crippen molar-refractivity contribution < 1.29 is 18.4 Å². The lowest BCUT2D eigenvalue weighted by molar-refractivity contribution is 0.0996. The molecular weight excluding hydrogens is 310 g/mol. The van der Waals surface area contributed by atoms with Gasteiger partial charge in [0.2, 0.25) is 0 Å². The Bertz CT molecular complexity index is 793. The van der Waals surface area contributed by atoms with Gasteiger partial charge in [-0.2, -0.15) is 0 Å². The number of hydrogen-bond donors (Lipinski definition) is 3. The fourth-order valence-corrected chi connectivity index (χ4v) is 1.99. The van der Waals surface area contributed by atoms with E-state index in [0.717, 1.165) is 0 Å². The maximum Gasteiger partial charge on any atom is 0.319 e. The van der Waals surface area contributed by atoms with Crippen LogP contribution in [0.5, 0.6) is 0 Å². The molecule has 0 atom stereocenters. The molecule has 3 aromatic rings. The number of urea groups is 1.